The zero-order valence-corrected chi connectivity index (χ0v) is 18.3. The fourth-order valence-corrected chi connectivity index (χ4v) is 4.73. The zero-order chi connectivity index (χ0) is 22.1. The number of nitrogens with zero attached hydrogens (tertiary/aromatic N) is 5. The Kier molecular flexibility index (Phi) is 5.51. The van der Waals surface area contributed by atoms with Gasteiger partial charge in [0.2, 0.25) is 11.9 Å². The lowest BCUT2D eigenvalue weighted by Crippen LogP contribution is -2.50. The van der Waals surface area contributed by atoms with Crippen LogP contribution in [0, 0.1) is 12.8 Å². The van der Waals surface area contributed by atoms with Crippen molar-refractivity contribution in [2.45, 2.75) is 32.6 Å². The molecule has 32 heavy (non-hydrogen) atoms. The Morgan fingerprint density at radius 2 is 1.69 bits per heavy atom. The summed E-state index contributed by atoms with van der Waals surface area (Å²) in [6, 6.07) is 9.73. The van der Waals surface area contributed by atoms with Crippen molar-refractivity contribution in [3.8, 4) is 5.69 Å². The Morgan fingerprint density at radius 3 is 2.41 bits per heavy atom. The van der Waals surface area contributed by atoms with Crippen molar-refractivity contribution in [3.05, 3.63) is 69.9 Å². The minimum absolute atomic E-state index is 0.00780. The fraction of sp³-hybridized carbons (Fsp3) is 0.417. The van der Waals surface area contributed by atoms with Gasteiger partial charge in [0.15, 0.2) is 0 Å². The molecule has 5 rings (SSSR count). The molecule has 1 amide bonds. The Morgan fingerprint density at radius 1 is 1.00 bits per heavy atom. The van der Waals surface area contributed by atoms with Crippen LogP contribution in [0.25, 0.3) is 5.69 Å². The van der Waals surface area contributed by atoms with Gasteiger partial charge in [0.25, 0.3) is 5.56 Å². The number of nitrogens with one attached hydrogen (secondary N) is 1. The predicted octanol–water partition coefficient (Wildman–Crippen LogP) is 2.11. The molecule has 3 aromatic rings. The maximum Gasteiger partial charge on any atom is 0.274 e. The smallest absolute Gasteiger partial charge is 0.274 e. The summed E-state index contributed by atoms with van der Waals surface area (Å²) in [6.45, 7) is 4.87. The van der Waals surface area contributed by atoms with E-state index in [2.05, 4.69) is 20.0 Å². The van der Waals surface area contributed by atoms with Crippen molar-refractivity contribution in [2.75, 3.05) is 31.1 Å². The summed E-state index contributed by atoms with van der Waals surface area (Å²) >= 11 is 0. The largest absolute Gasteiger partial charge is 0.339 e. The fourth-order valence-electron chi connectivity index (χ4n) is 4.73. The highest BCUT2D eigenvalue weighted by Gasteiger charge is 2.31. The lowest BCUT2D eigenvalue weighted by molar-refractivity contribution is -0.136. The SMILES string of the molecule is Cc1ccc(-n2[nH]c3c(c2=O)CCC(C(=O)N2CCN(c4ncccn4)CC2)CC3)cc1. The molecule has 0 spiro atoms. The summed E-state index contributed by atoms with van der Waals surface area (Å²) < 4.78 is 1.64. The minimum Gasteiger partial charge on any atom is -0.339 e. The number of carbonyl (C=O) groups excluding carboxylic acids is 1. The third-order valence-electron chi connectivity index (χ3n) is 6.63. The Bertz CT molecular complexity index is 1140. The third kappa shape index (κ3) is 3.92. The van der Waals surface area contributed by atoms with Crippen LogP contribution in [-0.2, 0) is 17.6 Å². The maximum absolute atomic E-state index is 13.2. The van der Waals surface area contributed by atoms with Crippen molar-refractivity contribution in [1.29, 1.82) is 0 Å². The van der Waals surface area contributed by atoms with Gasteiger partial charge in [0.05, 0.1) is 5.69 Å². The van der Waals surface area contributed by atoms with Gasteiger partial charge in [0, 0.05) is 55.7 Å². The Labute approximate surface area is 186 Å². The number of fused-ring (bicyclic) bond motifs is 1. The van der Waals surface area contributed by atoms with Crippen molar-refractivity contribution < 1.29 is 4.79 Å². The molecule has 1 aromatic carbocycles. The standard InChI is InChI=1S/C24H28N6O2/c1-17-3-7-19(8-4-17)30-23(32)20-9-5-18(6-10-21(20)27-30)22(31)28-13-15-29(16-14-28)24-25-11-2-12-26-24/h2-4,7-8,11-12,18,27H,5-6,9-10,13-16H2,1H3. The van der Waals surface area contributed by atoms with Gasteiger partial charge in [0.1, 0.15) is 0 Å². The van der Waals surface area contributed by atoms with Crippen LogP contribution < -0.4 is 10.5 Å². The molecule has 1 unspecified atom stereocenters. The second kappa shape index (κ2) is 8.61. The number of piperazine rings is 1. The van der Waals surface area contributed by atoms with E-state index >= 15 is 0 Å². The number of anilines is 1. The molecule has 8 nitrogen and oxygen atoms in total. The third-order valence-corrected chi connectivity index (χ3v) is 6.63. The number of aromatic nitrogens is 4. The van der Waals surface area contributed by atoms with Crippen LogP contribution in [-0.4, -0.2) is 56.7 Å². The summed E-state index contributed by atoms with van der Waals surface area (Å²) in [5.41, 5.74) is 3.81. The average molecular weight is 433 g/mol. The van der Waals surface area contributed by atoms with E-state index in [1.807, 2.05) is 36.1 Å². The lowest BCUT2D eigenvalue weighted by atomic mass is 9.97. The number of hydrogen-bond acceptors (Lipinski definition) is 5. The van der Waals surface area contributed by atoms with E-state index in [9.17, 15) is 9.59 Å². The van der Waals surface area contributed by atoms with E-state index in [-0.39, 0.29) is 17.4 Å². The first-order valence-corrected chi connectivity index (χ1v) is 11.3. The van der Waals surface area contributed by atoms with Crippen molar-refractivity contribution in [1.82, 2.24) is 24.6 Å². The highest BCUT2D eigenvalue weighted by Crippen LogP contribution is 2.25. The van der Waals surface area contributed by atoms with Gasteiger partial charge in [-0.15, -0.1) is 0 Å². The first-order valence-electron chi connectivity index (χ1n) is 11.3. The van der Waals surface area contributed by atoms with Gasteiger partial charge in [-0.2, -0.15) is 0 Å². The van der Waals surface area contributed by atoms with Crippen LogP contribution in [0.2, 0.25) is 0 Å². The topological polar surface area (TPSA) is 87.1 Å². The van der Waals surface area contributed by atoms with Gasteiger partial charge in [-0.1, -0.05) is 17.7 Å². The zero-order valence-electron chi connectivity index (χ0n) is 18.3. The van der Waals surface area contributed by atoms with Crippen LogP contribution in [0.1, 0.15) is 29.7 Å². The number of carbonyl (C=O) groups is 1. The molecule has 1 aliphatic heterocycles. The monoisotopic (exact) mass is 432 g/mol. The van der Waals surface area contributed by atoms with Crippen molar-refractivity contribution in [2.24, 2.45) is 5.92 Å². The second-order valence-electron chi connectivity index (χ2n) is 8.68. The number of amides is 1. The van der Waals surface area contributed by atoms with Crippen LogP contribution in [0.15, 0.2) is 47.5 Å². The molecule has 2 aromatic heterocycles. The Hall–Kier alpha value is -3.42. The van der Waals surface area contributed by atoms with E-state index in [1.54, 1.807) is 23.1 Å². The first kappa shape index (κ1) is 20.5. The van der Waals surface area contributed by atoms with E-state index < -0.39 is 0 Å². The molecule has 166 valence electrons. The normalized spacial score (nSPS) is 18.8. The molecular weight excluding hydrogens is 404 g/mol. The summed E-state index contributed by atoms with van der Waals surface area (Å²) in [6.07, 6.45) is 6.33. The summed E-state index contributed by atoms with van der Waals surface area (Å²) in [7, 11) is 0. The molecule has 1 aliphatic carbocycles. The molecule has 0 radical (unpaired) electrons. The molecule has 1 N–H and O–H groups in total. The highest BCUT2D eigenvalue weighted by molar-refractivity contribution is 5.79. The number of rotatable bonds is 3. The molecule has 3 heterocycles. The summed E-state index contributed by atoms with van der Waals surface area (Å²) in [5.74, 6) is 0.891. The van der Waals surface area contributed by atoms with Crippen molar-refractivity contribution in [3.63, 3.8) is 0 Å². The molecule has 8 heteroatoms. The van der Waals surface area contributed by atoms with Crippen LogP contribution in [0.4, 0.5) is 5.95 Å². The highest BCUT2D eigenvalue weighted by atomic mass is 16.2. The summed E-state index contributed by atoms with van der Waals surface area (Å²) in [4.78, 5) is 38.9. The Balaban J connectivity index is 1.23. The van der Waals surface area contributed by atoms with Crippen molar-refractivity contribution >= 4 is 11.9 Å². The van der Waals surface area contributed by atoms with Crippen LogP contribution in [0.3, 0.4) is 0 Å². The van der Waals surface area contributed by atoms with Crippen LogP contribution in [0.5, 0.6) is 0 Å². The summed E-state index contributed by atoms with van der Waals surface area (Å²) in [5, 5.41) is 3.30. The predicted molar refractivity (Wildman–Crippen MR) is 122 cm³/mol. The van der Waals surface area contributed by atoms with E-state index in [0.29, 0.717) is 19.5 Å². The number of aryl methyl sites for hydroxylation is 2. The van der Waals surface area contributed by atoms with E-state index in [0.717, 1.165) is 60.8 Å². The van der Waals surface area contributed by atoms with Gasteiger partial charge >= 0.3 is 0 Å². The second-order valence-corrected chi connectivity index (χ2v) is 8.68. The molecular formula is C24H28N6O2. The van der Waals surface area contributed by atoms with Gasteiger partial charge in [-0.25, -0.2) is 14.6 Å². The molecule has 0 bridgehead atoms. The molecule has 2 aliphatic rings. The number of aromatic amines is 1. The molecule has 0 saturated carbocycles. The average Bonchev–Trinajstić information content (AvgIpc) is 3.01. The minimum atomic E-state index is -0.0393. The molecule has 1 atom stereocenters. The quantitative estimate of drug-likeness (QED) is 0.641. The number of hydrogen-bond donors (Lipinski definition) is 1. The van der Waals surface area contributed by atoms with E-state index in [4.69, 9.17) is 0 Å². The lowest BCUT2D eigenvalue weighted by Gasteiger charge is -2.36. The van der Waals surface area contributed by atoms with Gasteiger partial charge in [-0.05, 0) is 50.8 Å². The van der Waals surface area contributed by atoms with Crippen LogP contribution >= 0.6 is 0 Å². The van der Waals surface area contributed by atoms with Gasteiger partial charge in [-0.3, -0.25) is 14.7 Å². The maximum atomic E-state index is 13.2. The number of H-pyrrole nitrogens is 1. The number of benzene rings is 1. The van der Waals surface area contributed by atoms with E-state index in [1.165, 1.54) is 0 Å². The first-order chi connectivity index (χ1) is 15.6. The molecule has 1 fully saturated rings. The molecule has 1 saturated heterocycles. The van der Waals surface area contributed by atoms with Gasteiger partial charge < -0.3 is 9.80 Å².